The van der Waals surface area contributed by atoms with E-state index in [4.69, 9.17) is 4.74 Å². The van der Waals surface area contributed by atoms with Crippen LogP contribution in [0.1, 0.15) is 17.2 Å². The summed E-state index contributed by atoms with van der Waals surface area (Å²) in [5.41, 5.74) is 1.35. The third-order valence-corrected chi connectivity index (χ3v) is 3.45. The van der Waals surface area contributed by atoms with Gasteiger partial charge in [0.2, 0.25) is 0 Å². The van der Waals surface area contributed by atoms with Crippen molar-refractivity contribution in [1.29, 1.82) is 0 Å². The number of aliphatic hydroxyl groups excluding tert-OH is 1. The quantitative estimate of drug-likeness (QED) is 0.795. The minimum absolute atomic E-state index is 0.292. The van der Waals surface area contributed by atoms with Crippen LogP contribution in [0.5, 0.6) is 0 Å². The lowest BCUT2D eigenvalue weighted by molar-refractivity contribution is -0.146. The number of rotatable bonds is 6. The zero-order valence-electron chi connectivity index (χ0n) is 12.8. The smallest absolute Gasteiger partial charge is 0.328 e. The number of carbonyl (C=O) groups is 2. The van der Waals surface area contributed by atoms with Gasteiger partial charge in [0, 0.05) is 6.42 Å². The Morgan fingerprint density at radius 3 is 2.17 bits per heavy atom. The van der Waals surface area contributed by atoms with Crippen molar-refractivity contribution in [2.75, 3.05) is 7.11 Å². The molecule has 120 valence electrons. The van der Waals surface area contributed by atoms with E-state index in [1.54, 1.807) is 30.3 Å². The SMILES string of the molecule is COC(=O)C(Cc1ccccc1)NC(=O)C(O)c1ccccc1. The van der Waals surface area contributed by atoms with Crippen molar-refractivity contribution in [1.82, 2.24) is 5.32 Å². The van der Waals surface area contributed by atoms with Gasteiger partial charge < -0.3 is 15.2 Å². The third-order valence-electron chi connectivity index (χ3n) is 3.45. The maximum atomic E-state index is 12.2. The molecule has 0 aliphatic rings. The van der Waals surface area contributed by atoms with E-state index in [1.165, 1.54) is 7.11 Å². The molecule has 0 radical (unpaired) electrons. The molecule has 0 aliphatic carbocycles. The van der Waals surface area contributed by atoms with E-state index in [9.17, 15) is 14.7 Å². The summed E-state index contributed by atoms with van der Waals surface area (Å²) in [6.07, 6.45) is -1.04. The van der Waals surface area contributed by atoms with Gasteiger partial charge in [-0.15, -0.1) is 0 Å². The highest BCUT2D eigenvalue weighted by Gasteiger charge is 2.26. The summed E-state index contributed by atoms with van der Waals surface area (Å²) in [6.45, 7) is 0. The van der Waals surface area contributed by atoms with Crippen LogP contribution in [0.3, 0.4) is 0 Å². The molecule has 2 N–H and O–H groups in total. The van der Waals surface area contributed by atoms with Gasteiger partial charge in [-0.05, 0) is 11.1 Å². The van der Waals surface area contributed by atoms with Crippen molar-refractivity contribution in [3.63, 3.8) is 0 Å². The Morgan fingerprint density at radius 1 is 1.04 bits per heavy atom. The largest absolute Gasteiger partial charge is 0.467 e. The number of ether oxygens (including phenoxy) is 1. The molecular weight excluding hydrogens is 294 g/mol. The Kier molecular flexibility index (Phi) is 5.88. The molecule has 1 amide bonds. The minimum Gasteiger partial charge on any atom is -0.467 e. The Balaban J connectivity index is 2.08. The molecule has 2 aromatic carbocycles. The van der Waals surface area contributed by atoms with Crippen LogP contribution in [0.15, 0.2) is 60.7 Å². The fourth-order valence-corrected chi connectivity index (χ4v) is 2.22. The monoisotopic (exact) mass is 313 g/mol. The molecule has 0 aliphatic heterocycles. The molecule has 23 heavy (non-hydrogen) atoms. The van der Waals surface area contributed by atoms with Crippen LogP contribution < -0.4 is 5.32 Å². The predicted octanol–water partition coefficient (Wildman–Crippen LogP) is 1.62. The van der Waals surface area contributed by atoms with E-state index >= 15 is 0 Å². The number of carbonyl (C=O) groups excluding carboxylic acids is 2. The van der Waals surface area contributed by atoms with E-state index in [2.05, 4.69) is 5.32 Å². The molecule has 0 bridgehead atoms. The summed E-state index contributed by atoms with van der Waals surface area (Å²) >= 11 is 0. The topological polar surface area (TPSA) is 75.6 Å². The summed E-state index contributed by atoms with van der Waals surface area (Å²) < 4.78 is 4.74. The number of aliphatic hydroxyl groups is 1. The molecule has 2 rings (SSSR count). The third kappa shape index (κ3) is 4.66. The molecule has 0 spiro atoms. The molecule has 0 saturated heterocycles. The van der Waals surface area contributed by atoms with E-state index in [0.717, 1.165) is 5.56 Å². The number of hydrogen-bond acceptors (Lipinski definition) is 4. The molecule has 0 saturated carbocycles. The Morgan fingerprint density at radius 2 is 1.61 bits per heavy atom. The molecule has 2 aromatic rings. The molecule has 2 unspecified atom stereocenters. The average Bonchev–Trinajstić information content (AvgIpc) is 2.61. The number of nitrogens with one attached hydrogen (secondary N) is 1. The normalized spacial score (nSPS) is 13.0. The lowest BCUT2D eigenvalue weighted by atomic mass is 10.0. The van der Waals surface area contributed by atoms with Crippen molar-refractivity contribution < 1.29 is 19.4 Å². The van der Waals surface area contributed by atoms with Gasteiger partial charge in [-0.1, -0.05) is 60.7 Å². The molecule has 0 heterocycles. The van der Waals surface area contributed by atoms with Crippen molar-refractivity contribution in [2.45, 2.75) is 18.6 Å². The number of benzene rings is 2. The molecule has 2 atom stereocenters. The lowest BCUT2D eigenvalue weighted by Gasteiger charge is -2.19. The van der Waals surface area contributed by atoms with Crippen LogP contribution in [0.25, 0.3) is 0 Å². The average molecular weight is 313 g/mol. The van der Waals surface area contributed by atoms with Crippen LogP contribution in [-0.2, 0) is 20.7 Å². The Labute approximate surface area is 134 Å². The van der Waals surface area contributed by atoms with Crippen molar-refractivity contribution in [3.8, 4) is 0 Å². The van der Waals surface area contributed by atoms with Crippen molar-refractivity contribution >= 4 is 11.9 Å². The first-order valence-electron chi connectivity index (χ1n) is 7.27. The maximum absolute atomic E-state index is 12.2. The van der Waals surface area contributed by atoms with Gasteiger partial charge in [0.25, 0.3) is 5.91 Å². The van der Waals surface area contributed by atoms with Crippen LogP contribution >= 0.6 is 0 Å². The van der Waals surface area contributed by atoms with Gasteiger partial charge in [-0.3, -0.25) is 4.79 Å². The number of hydrogen-bond donors (Lipinski definition) is 2. The van der Waals surface area contributed by atoms with Crippen molar-refractivity contribution in [3.05, 3.63) is 71.8 Å². The highest BCUT2D eigenvalue weighted by molar-refractivity contribution is 5.87. The first-order chi connectivity index (χ1) is 11.1. The Bertz CT molecular complexity index is 643. The van der Waals surface area contributed by atoms with Crippen LogP contribution in [0, 0.1) is 0 Å². The molecule has 0 fully saturated rings. The fourth-order valence-electron chi connectivity index (χ4n) is 2.22. The molecular formula is C18H19NO4. The number of amides is 1. The van der Waals surface area contributed by atoms with Crippen LogP contribution in [0.4, 0.5) is 0 Å². The summed E-state index contributed by atoms with van der Waals surface area (Å²) in [4.78, 5) is 24.1. The molecule has 5 heteroatoms. The lowest BCUT2D eigenvalue weighted by Crippen LogP contribution is -2.45. The first kappa shape index (κ1) is 16.7. The first-order valence-corrected chi connectivity index (χ1v) is 7.27. The predicted molar refractivity (Wildman–Crippen MR) is 85.5 cm³/mol. The maximum Gasteiger partial charge on any atom is 0.328 e. The summed E-state index contributed by atoms with van der Waals surface area (Å²) in [6, 6.07) is 17.0. The standard InChI is InChI=1S/C18H19NO4/c1-23-18(22)15(12-13-8-4-2-5-9-13)19-17(21)16(20)14-10-6-3-7-11-14/h2-11,15-16,20H,12H2,1H3,(H,19,21). The van der Waals surface area contributed by atoms with Gasteiger partial charge >= 0.3 is 5.97 Å². The summed E-state index contributed by atoms with van der Waals surface area (Å²) in [5, 5.41) is 12.6. The highest BCUT2D eigenvalue weighted by atomic mass is 16.5. The Hall–Kier alpha value is -2.66. The van der Waals surface area contributed by atoms with Crippen LogP contribution in [-0.4, -0.2) is 30.1 Å². The van der Waals surface area contributed by atoms with E-state index in [1.807, 2.05) is 30.3 Å². The minimum atomic E-state index is -1.33. The fraction of sp³-hybridized carbons (Fsp3) is 0.222. The highest BCUT2D eigenvalue weighted by Crippen LogP contribution is 2.13. The zero-order chi connectivity index (χ0) is 16.7. The second-order valence-corrected chi connectivity index (χ2v) is 5.09. The van der Waals surface area contributed by atoms with Gasteiger partial charge in [0.05, 0.1) is 7.11 Å². The van der Waals surface area contributed by atoms with Gasteiger partial charge in [0.15, 0.2) is 6.10 Å². The number of esters is 1. The molecule has 5 nitrogen and oxygen atoms in total. The second kappa shape index (κ2) is 8.10. The van der Waals surface area contributed by atoms with E-state index in [0.29, 0.717) is 12.0 Å². The second-order valence-electron chi connectivity index (χ2n) is 5.09. The van der Waals surface area contributed by atoms with Gasteiger partial charge in [-0.25, -0.2) is 4.79 Å². The molecule has 0 aromatic heterocycles. The van der Waals surface area contributed by atoms with Gasteiger partial charge in [-0.2, -0.15) is 0 Å². The van der Waals surface area contributed by atoms with Gasteiger partial charge in [0.1, 0.15) is 6.04 Å². The van der Waals surface area contributed by atoms with Crippen molar-refractivity contribution in [2.24, 2.45) is 0 Å². The van der Waals surface area contributed by atoms with E-state index < -0.39 is 24.0 Å². The zero-order valence-corrected chi connectivity index (χ0v) is 12.8. The van der Waals surface area contributed by atoms with Crippen LogP contribution in [0.2, 0.25) is 0 Å². The summed E-state index contributed by atoms with van der Waals surface area (Å²) in [7, 11) is 1.26. The summed E-state index contributed by atoms with van der Waals surface area (Å²) in [5.74, 6) is -1.19. The van der Waals surface area contributed by atoms with E-state index in [-0.39, 0.29) is 0 Å². The number of methoxy groups -OCH3 is 1.